The Morgan fingerprint density at radius 1 is 1.03 bits per heavy atom. The van der Waals surface area contributed by atoms with Crippen LogP contribution < -0.4 is 0 Å². The van der Waals surface area contributed by atoms with Crippen molar-refractivity contribution >= 4 is 11.9 Å². The monoisotopic (exact) mass is 402 g/mol. The molecule has 0 saturated heterocycles. The normalized spacial score (nSPS) is 18.7. The first-order valence-corrected chi connectivity index (χ1v) is 11.4. The highest BCUT2D eigenvalue weighted by Gasteiger charge is 2.65. The van der Waals surface area contributed by atoms with Gasteiger partial charge in [0, 0.05) is 5.41 Å². The quantitative estimate of drug-likeness (QED) is 0.433. The zero-order chi connectivity index (χ0) is 21.5. The molecule has 0 heterocycles. The van der Waals surface area contributed by atoms with Gasteiger partial charge in [0.2, 0.25) is 0 Å². The number of hydrogen-bond donors (Lipinski definition) is 2. The van der Waals surface area contributed by atoms with Crippen molar-refractivity contribution < 1.29 is 19.8 Å². The van der Waals surface area contributed by atoms with Crippen LogP contribution in [0.1, 0.15) is 84.1 Å². The van der Waals surface area contributed by atoms with Gasteiger partial charge in [-0.05, 0) is 43.1 Å². The van der Waals surface area contributed by atoms with Crippen LogP contribution in [0.5, 0.6) is 0 Å². The maximum atomic E-state index is 13.0. The van der Waals surface area contributed by atoms with Crippen LogP contribution in [0.25, 0.3) is 0 Å². The Bertz CT molecular complexity index is 649. The van der Waals surface area contributed by atoms with Crippen molar-refractivity contribution in [2.24, 2.45) is 22.7 Å². The van der Waals surface area contributed by atoms with E-state index in [2.05, 4.69) is 20.8 Å². The zero-order valence-corrected chi connectivity index (χ0v) is 18.3. The van der Waals surface area contributed by atoms with Gasteiger partial charge in [0.25, 0.3) is 0 Å². The van der Waals surface area contributed by atoms with Crippen LogP contribution in [0.4, 0.5) is 0 Å². The summed E-state index contributed by atoms with van der Waals surface area (Å²) in [6.45, 7) is 6.27. The third kappa shape index (κ3) is 4.36. The van der Waals surface area contributed by atoms with Gasteiger partial charge in [0.15, 0.2) is 5.41 Å². The average Bonchev–Trinajstić information content (AvgIpc) is 2.73. The minimum absolute atomic E-state index is 0.0214. The predicted molar refractivity (Wildman–Crippen MR) is 116 cm³/mol. The van der Waals surface area contributed by atoms with Gasteiger partial charge in [0.05, 0.1) is 0 Å². The molecule has 4 heteroatoms. The second-order valence-electron chi connectivity index (χ2n) is 8.97. The first-order valence-electron chi connectivity index (χ1n) is 11.4. The third-order valence-corrected chi connectivity index (χ3v) is 7.61. The smallest absolute Gasteiger partial charge is 0.321 e. The van der Waals surface area contributed by atoms with Crippen molar-refractivity contribution in [3.05, 3.63) is 35.9 Å². The molecule has 0 radical (unpaired) electrons. The number of carbonyl (C=O) groups is 2. The number of unbranched alkanes of at least 4 members (excludes halogenated alkanes) is 1. The lowest BCUT2D eigenvalue weighted by Crippen LogP contribution is -2.61. The standard InChI is InChI=1S/C25H38O4/c1-4-6-17-24(19(3)5-2,21-15-11-8-12-16-21)25(22(26)27,23(28)29)18-20-13-9-7-10-14-20/h7,9-10,13-14,19,21H,4-6,8,11-12,15-18H2,1-3H3,(H,26,27)(H,28,29). The molecule has 0 spiro atoms. The van der Waals surface area contributed by atoms with E-state index in [0.29, 0.717) is 6.42 Å². The van der Waals surface area contributed by atoms with Crippen molar-refractivity contribution in [1.29, 1.82) is 0 Å². The van der Waals surface area contributed by atoms with Crippen LogP contribution in [0.2, 0.25) is 0 Å². The van der Waals surface area contributed by atoms with Crippen LogP contribution in [0, 0.1) is 22.7 Å². The highest BCUT2D eigenvalue weighted by atomic mass is 16.4. The van der Waals surface area contributed by atoms with E-state index in [1.165, 1.54) is 0 Å². The van der Waals surface area contributed by atoms with Crippen LogP contribution in [-0.2, 0) is 16.0 Å². The minimum Gasteiger partial charge on any atom is -0.480 e. The molecular formula is C25H38O4. The van der Waals surface area contributed by atoms with Gasteiger partial charge in [0.1, 0.15) is 0 Å². The first kappa shape index (κ1) is 23.4. The van der Waals surface area contributed by atoms with Gasteiger partial charge in [-0.25, -0.2) is 0 Å². The van der Waals surface area contributed by atoms with Crippen LogP contribution in [0.3, 0.4) is 0 Å². The molecule has 162 valence electrons. The molecule has 0 amide bonds. The zero-order valence-electron chi connectivity index (χ0n) is 18.3. The Balaban J connectivity index is 2.75. The molecule has 2 rings (SSSR count). The van der Waals surface area contributed by atoms with E-state index in [-0.39, 0.29) is 18.3 Å². The van der Waals surface area contributed by atoms with Crippen LogP contribution in [-0.4, -0.2) is 22.2 Å². The fourth-order valence-corrected chi connectivity index (χ4v) is 5.99. The van der Waals surface area contributed by atoms with Crippen molar-refractivity contribution in [2.45, 2.75) is 85.0 Å². The summed E-state index contributed by atoms with van der Waals surface area (Å²) in [6.07, 6.45) is 8.45. The summed E-state index contributed by atoms with van der Waals surface area (Å²) in [7, 11) is 0. The number of carboxylic acid groups (broad SMARTS) is 2. The summed E-state index contributed by atoms with van der Waals surface area (Å²) in [6, 6.07) is 9.33. The molecule has 2 atom stereocenters. The van der Waals surface area contributed by atoms with Gasteiger partial charge < -0.3 is 10.2 Å². The number of rotatable bonds is 11. The second-order valence-corrected chi connectivity index (χ2v) is 8.97. The lowest BCUT2D eigenvalue weighted by Gasteiger charge is -2.55. The topological polar surface area (TPSA) is 74.6 Å². The van der Waals surface area contributed by atoms with E-state index < -0.39 is 22.8 Å². The molecule has 1 fully saturated rings. The molecule has 2 N–H and O–H groups in total. The largest absolute Gasteiger partial charge is 0.480 e. The fourth-order valence-electron chi connectivity index (χ4n) is 5.99. The molecule has 4 nitrogen and oxygen atoms in total. The number of aliphatic carboxylic acids is 2. The second kappa shape index (κ2) is 10.3. The molecule has 1 aliphatic carbocycles. The lowest BCUT2D eigenvalue weighted by atomic mass is 9.46. The van der Waals surface area contributed by atoms with Crippen molar-refractivity contribution in [3.63, 3.8) is 0 Å². The Morgan fingerprint density at radius 3 is 2.10 bits per heavy atom. The molecule has 1 aromatic rings. The highest BCUT2D eigenvalue weighted by molar-refractivity contribution is 6.00. The number of benzene rings is 1. The molecule has 29 heavy (non-hydrogen) atoms. The van der Waals surface area contributed by atoms with E-state index in [4.69, 9.17) is 0 Å². The Kier molecular flexibility index (Phi) is 8.30. The van der Waals surface area contributed by atoms with E-state index in [9.17, 15) is 19.8 Å². The minimum atomic E-state index is -1.82. The Morgan fingerprint density at radius 2 is 1.62 bits per heavy atom. The SMILES string of the molecule is CCCCC(C(C)CC)(C1CCCCC1)C(Cc1ccccc1)(C(=O)O)C(=O)O. The maximum Gasteiger partial charge on any atom is 0.321 e. The molecule has 0 bridgehead atoms. The molecule has 1 aromatic carbocycles. The van der Waals surface area contributed by atoms with E-state index in [1.807, 2.05) is 30.3 Å². The van der Waals surface area contributed by atoms with Gasteiger partial charge in [-0.15, -0.1) is 0 Å². The molecule has 0 aliphatic heterocycles. The Labute approximate surface area is 175 Å². The van der Waals surface area contributed by atoms with Crippen molar-refractivity contribution in [2.75, 3.05) is 0 Å². The average molecular weight is 403 g/mol. The number of carboxylic acids is 2. The van der Waals surface area contributed by atoms with Gasteiger partial charge in [-0.3, -0.25) is 9.59 Å². The van der Waals surface area contributed by atoms with E-state index in [0.717, 1.165) is 56.9 Å². The van der Waals surface area contributed by atoms with Gasteiger partial charge >= 0.3 is 11.9 Å². The molecule has 0 aromatic heterocycles. The predicted octanol–water partition coefficient (Wildman–Crippen LogP) is 6.19. The third-order valence-electron chi connectivity index (χ3n) is 7.61. The summed E-state index contributed by atoms with van der Waals surface area (Å²) >= 11 is 0. The van der Waals surface area contributed by atoms with Crippen LogP contribution >= 0.6 is 0 Å². The summed E-state index contributed by atoms with van der Waals surface area (Å²) in [5.41, 5.74) is -1.79. The molecule has 1 aliphatic rings. The summed E-state index contributed by atoms with van der Waals surface area (Å²) < 4.78 is 0. The van der Waals surface area contributed by atoms with E-state index in [1.54, 1.807) is 0 Å². The summed E-state index contributed by atoms with van der Waals surface area (Å²) in [5.74, 6) is -2.19. The molecule has 1 saturated carbocycles. The van der Waals surface area contributed by atoms with Crippen LogP contribution in [0.15, 0.2) is 30.3 Å². The lowest BCUT2D eigenvalue weighted by molar-refractivity contribution is -0.190. The molecular weight excluding hydrogens is 364 g/mol. The first-order chi connectivity index (χ1) is 13.9. The summed E-state index contributed by atoms with van der Waals surface area (Å²) in [4.78, 5) is 25.9. The number of hydrogen-bond acceptors (Lipinski definition) is 2. The van der Waals surface area contributed by atoms with Gasteiger partial charge in [-0.1, -0.05) is 89.6 Å². The molecule has 2 unspecified atom stereocenters. The highest BCUT2D eigenvalue weighted by Crippen LogP contribution is 2.60. The van der Waals surface area contributed by atoms with E-state index >= 15 is 0 Å². The summed E-state index contributed by atoms with van der Waals surface area (Å²) in [5, 5.41) is 21.2. The van der Waals surface area contributed by atoms with Crippen molar-refractivity contribution in [1.82, 2.24) is 0 Å². The van der Waals surface area contributed by atoms with Gasteiger partial charge in [-0.2, -0.15) is 0 Å². The fraction of sp³-hybridized carbons (Fsp3) is 0.680. The maximum absolute atomic E-state index is 13.0. The Hall–Kier alpha value is -1.84. The van der Waals surface area contributed by atoms with Crippen molar-refractivity contribution in [3.8, 4) is 0 Å².